The van der Waals surface area contributed by atoms with Crippen LogP contribution in [0, 0.1) is 10.1 Å². The molecule has 142 valence electrons. The van der Waals surface area contributed by atoms with Gasteiger partial charge in [0, 0.05) is 18.7 Å². The van der Waals surface area contributed by atoms with Crippen LogP contribution in [0.1, 0.15) is 22.8 Å². The monoisotopic (exact) mass is 392 g/mol. The van der Waals surface area contributed by atoms with Gasteiger partial charge < -0.3 is 14.8 Å². The van der Waals surface area contributed by atoms with E-state index in [1.165, 1.54) is 19.1 Å². The second-order valence-corrected chi connectivity index (χ2v) is 5.94. The molecule has 1 N–H and O–H groups in total. The molecule has 2 aromatic rings. The van der Waals surface area contributed by atoms with Crippen LogP contribution >= 0.6 is 11.6 Å². The Morgan fingerprint density at radius 2 is 1.89 bits per heavy atom. The Hall–Kier alpha value is -3.13. The van der Waals surface area contributed by atoms with E-state index in [-0.39, 0.29) is 22.8 Å². The number of esters is 1. The van der Waals surface area contributed by atoms with Gasteiger partial charge >= 0.3 is 5.97 Å². The summed E-state index contributed by atoms with van der Waals surface area (Å²) < 4.78 is 10.1. The maximum atomic E-state index is 12.2. The summed E-state index contributed by atoms with van der Waals surface area (Å²) in [6, 6.07) is 10.5. The molecular formula is C18H17ClN2O6. The lowest BCUT2D eigenvalue weighted by molar-refractivity contribution is -0.384. The number of ether oxygens (including phenoxy) is 2. The molecule has 2 aromatic carbocycles. The first-order valence-electron chi connectivity index (χ1n) is 7.87. The standard InChI is InChI=1S/C18H17ClN2O6/c1-11(17(22)20-10-12-3-6-14(26-2)7-4-12)27-18(23)15-9-13(21(24)25)5-8-16(15)19/h3-9,11H,10H2,1-2H3,(H,20,22)/t11-/m0/s1. The zero-order valence-corrected chi connectivity index (χ0v) is 15.4. The van der Waals surface area contributed by atoms with Crippen molar-refractivity contribution in [2.24, 2.45) is 0 Å². The van der Waals surface area contributed by atoms with E-state index < -0.39 is 22.9 Å². The largest absolute Gasteiger partial charge is 0.497 e. The molecule has 0 heterocycles. The van der Waals surface area contributed by atoms with E-state index in [4.69, 9.17) is 21.1 Å². The molecule has 0 bridgehead atoms. The van der Waals surface area contributed by atoms with Crippen molar-refractivity contribution in [2.75, 3.05) is 7.11 Å². The average Bonchev–Trinajstić information content (AvgIpc) is 2.66. The predicted molar refractivity (Wildman–Crippen MR) is 97.8 cm³/mol. The minimum atomic E-state index is -1.11. The highest BCUT2D eigenvalue weighted by atomic mass is 35.5. The van der Waals surface area contributed by atoms with Crippen LogP contribution in [0.25, 0.3) is 0 Å². The summed E-state index contributed by atoms with van der Waals surface area (Å²) in [7, 11) is 1.56. The minimum Gasteiger partial charge on any atom is -0.497 e. The van der Waals surface area contributed by atoms with Gasteiger partial charge in [-0.25, -0.2) is 4.79 Å². The van der Waals surface area contributed by atoms with Crippen LogP contribution in [0.4, 0.5) is 5.69 Å². The summed E-state index contributed by atoms with van der Waals surface area (Å²) in [6.07, 6.45) is -1.11. The Labute approximate surface area is 160 Å². The maximum absolute atomic E-state index is 12.2. The molecule has 0 aromatic heterocycles. The van der Waals surface area contributed by atoms with Crippen molar-refractivity contribution in [2.45, 2.75) is 19.6 Å². The van der Waals surface area contributed by atoms with Crippen molar-refractivity contribution >= 4 is 29.2 Å². The molecule has 0 aliphatic heterocycles. The number of methoxy groups -OCH3 is 1. The third-order valence-corrected chi connectivity index (χ3v) is 3.99. The fourth-order valence-electron chi connectivity index (χ4n) is 2.14. The number of nitrogens with one attached hydrogen (secondary N) is 1. The zero-order chi connectivity index (χ0) is 20.0. The van der Waals surface area contributed by atoms with Gasteiger partial charge in [0.15, 0.2) is 6.10 Å². The third-order valence-electron chi connectivity index (χ3n) is 3.66. The molecule has 8 nitrogen and oxygen atoms in total. The number of hydrogen-bond donors (Lipinski definition) is 1. The smallest absolute Gasteiger partial charge is 0.340 e. The van der Waals surface area contributed by atoms with Gasteiger partial charge in [-0.1, -0.05) is 23.7 Å². The first kappa shape index (κ1) is 20.2. The molecule has 0 radical (unpaired) electrons. The molecule has 0 saturated heterocycles. The highest BCUT2D eigenvalue weighted by Crippen LogP contribution is 2.23. The number of nitro groups is 1. The van der Waals surface area contributed by atoms with Crippen molar-refractivity contribution in [3.05, 3.63) is 68.7 Å². The molecule has 0 spiro atoms. The lowest BCUT2D eigenvalue weighted by Gasteiger charge is -2.14. The molecule has 0 unspecified atom stereocenters. The fourth-order valence-corrected chi connectivity index (χ4v) is 2.33. The molecule has 0 aliphatic rings. The van der Waals surface area contributed by atoms with Gasteiger partial charge in [0.05, 0.1) is 22.6 Å². The Morgan fingerprint density at radius 3 is 2.48 bits per heavy atom. The summed E-state index contributed by atoms with van der Waals surface area (Å²) in [5, 5.41) is 13.5. The molecular weight excluding hydrogens is 376 g/mol. The normalized spacial score (nSPS) is 11.4. The van der Waals surface area contributed by atoms with Crippen LogP contribution in [0.2, 0.25) is 5.02 Å². The third kappa shape index (κ3) is 5.42. The van der Waals surface area contributed by atoms with E-state index in [0.29, 0.717) is 5.75 Å². The van der Waals surface area contributed by atoms with E-state index >= 15 is 0 Å². The maximum Gasteiger partial charge on any atom is 0.340 e. The lowest BCUT2D eigenvalue weighted by Crippen LogP contribution is -2.35. The quantitative estimate of drug-likeness (QED) is 0.440. The van der Waals surface area contributed by atoms with Crippen LogP contribution in [-0.4, -0.2) is 30.0 Å². The van der Waals surface area contributed by atoms with Gasteiger partial charge in [0.25, 0.3) is 11.6 Å². The van der Waals surface area contributed by atoms with Crippen LogP contribution in [0.3, 0.4) is 0 Å². The molecule has 1 atom stereocenters. The molecule has 1 amide bonds. The Kier molecular flexibility index (Phi) is 6.73. The van der Waals surface area contributed by atoms with Crippen molar-refractivity contribution in [1.29, 1.82) is 0 Å². The number of non-ortho nitro benzene ring substituents is 1. The van der Waals surface area contributed by atoms with Crippen LogP contribution in [0.5, 0.6) is 5.75 Å². The Bertz CT molecular complexity index is 853. The van der Waals surface area contributed by atoms with Gasteiger partial charge in [-0.3, -0.25) is 14.9 Å². The summed E-state index contributed by atoms with van der Waals surface area (Å²) in [6.45, 7) is 1.63. The number of benzene rings is 2. The van der Waals surface area contributed by atoms with Crippen LogP contribution in [-0.2, 0) is 16.1 Å². The number of nitrogens with zero attached hydrogens (tertiary/aromatic N) is 1. The van der Waals surface area contributed by atoms with Gasteiger partial charge in [-0.15, -0.1) is 0 Å². The molecule has 0 fully saturated rings. The van der Waals surface area contributed by atoms with Crippen molar-refractivity contribution in [1.82, 2.24) is 5.32 Å². The highest BCUT2D eigenvalue weighted by molar-refractivity contribution is 6.33. The first-order valence-corrected chi connectivity index (χ1v) is 8.25. The van der Waals surface area contributed by atoms with Gasteiger partial charge in [0.2, 0.25) is 0 Å². The number of halogens is 1. The van der Waals surface area contributed by atoms with E-state index in [9.17, 15) is 19.7 Å². The summed E-state index contributed by atoms with van der Waals surface area (Å²) in [5.74, 6) is -0.738. The number of amides is 1. The molecule has 0 aliphatic carbocycles. The minimum absolute atomic E-state index is 0.00330. The first-order chi connectivity index (χ1) is 12.8. The van der Waals surface area contributed by atoms with Crippen molar-refractivity contribution in [3.63, 3.8) is 0 Å². The van der Waals surface area contributed by atoms with Crippen LogP contribution in [0.15, 0.2) is 42.5 Å². The SMILES string of the molecule is COc1ccc(CNC(=O)[C@H](C)OC(=O)c2cc([N+](=O)[O-])ccc2Cl)cc1. The number of carbonyl (C=O) groups excluding carboxylic acids is 2. The van der Waals surface area contributed by atoms with Crippen molar-refractivity contribution < 1.29 is 24.0 Å². The van der Waals surface area contributed by atoms with E-state index in [0.717, 1.165) is 11.6 Å². The van der Waals surface area contributed by atoms with Crippen LogP contribution < -0.4 is 10.1 Å². The number of rotatable bonds is 7. The second-order valence-electron chi connectivity index (χ2n) is 5.53. The zero-order valence-electron chi connectivity index (χ0n) is 14.6. The van der Waals surface area contributed by atoms with Gasteiger partial charge in [-0.2, -0.15) is 0 Å². The van der Waals surface area contributed by atoms with E-state index in [1.807, 2.05) is 0 Å². The lowest BCUT2D eigenvalue weighted by atomic mass is 10.2. The Balaban J connectivity index is 1.96. The van der Waals surface area contributed by atoms with E-state index in [1.54, 1.807) is 31.4 Å². The average molecular weight is 393 g/mol. The summed E-state index contributed by atoms with van der Waals surface area (Å²) in [5.41, 5.74) is 0.355. The molecule has 0 saturated carbocycles. The van der Waals surface area contributed by atoms with Gasteiger partial charge in [0.1, 0.15) is 5.75 Å². The van der Waals surface area contributed by atoms with Gasteiger partial charge in [-0.05, 0) is 30.7 Å². The van der Waals surface area contributed by atoms with Crippen molar-refractivity contribution in [3.8, 4) is 5.75 Å². The number of carbonyl (C=O) groups is 2. The number of nitro benzene ring substituents is 1. The summed E-state index contributed by atoms with van der Waals surface area (Å²) in [4.78, 5) is 34.5. The summed E-state index contributed by atoms with van der Waals surface area (Å²) >= 11 is 5.89. The molecule has 27 heavy (non-hydrogen) atoms. The Morgan fingerprint density at radius 1 is 1.22 bits per heavy atom. The van der Waals surface area contributed by atoms with E-state index in [2.05, 4.69) is 5.32 Å². The topological polar surface area (TPSA) is 108 Å². The number of hydrogen-bond acceptors (Lipinski definition) is 6. The highest BCUT2D eigenvalue weighted by Gasteiger charge is 2.22. The molecule has 2 rings (SSSR count). The fraction of sp³-hybridized carbons (Fsp3) is 0.222. The second kappa shape index (κ2) is 9.00. The molecule has 9 heteroatoms. The predicted octanol–water partition coefficient (Wildman–Crippen LogP) is 3.12.